The van der Waals surface area contributed by atoms with Crippen molar-refractivity contribution in [2.75, 3.05) is 13.1 Å². The molecule has 104 valence electrons. The average Bonchev–Trinajstić information content (AvgIpc) is 3.01. The minimum atomic E-state index is 0.505. The molecule has 0 amide bonds. The SMILES string of the molecule is Cc1ccnc(-c2ccc([C@@H](C)N3CCCC3)cc2)n1. The van der Waals surface area contributed by atoms with Crippen LogP contribution < -0.4 is 0 Å². The summed E-state index contributed by atoms with van der Waals surface area (Å²) in [7, 11) is 0. The van der Waals surface area contributed by atoms with Crippen molar-refractivity contribution in [3.8, 4) is 11.4 Å². The predicted molar refractivity (Wildman–Crippen MR) is 81.4 cm³/mol. The number of hydrogen-bond acceptors (Lipinski definition) is 3. The second-order valence-electron chi connectivity index (χ2n) is 5.56. The van der Waals surface area contributed by atoms with Gasteiger partial charge < -0.3 is 0 Å². The first-order valence-electron chi connectivity index (χ1n) is 7.38. The zero-order valence-corrected chi connectivity index (χ0v) is 12.2. The molecular weight excluding hydrogens is 246 g/mol. The van der Waals surface area contributed by atoms with Crippen LogP contribution in [-0.4, -0.2) is 28.0 Å². The van der Waals surface area contributed by atoms with Crippen molar-refractivity contribution in [1.82, 2.24) is 14.9 Å². The topological polar surface area (TPSA) is 29.0 Å². The van der Waals surface area contributed by atoms with Gasteiger partial charge in [-0.2, -0.15) is 0 Å². The van der Waals surface area contributed by atoms with Crippen LogP contribution in [0.3, 0.4) is 0 Å². The van der Waals surface area contributed by atoms with Gasteiger partial charge in [0.2, 0.25) is 0 Å². The standard InChI is InChI=1S/C17H21N3/c1-13-9-10-18-17(19-13)16-7-5-15(6-8-16)14(2)20-11-3-4-12-20/h5-10,14H,3-4,11-12H2,1-2H3/t14-/m1/s1. The molecule has 1 saturated heterocycles. The van der Waals surface area contributed by atoms with Gasteiger partial charge in [0.1, 0.15) is 0 Å². The Kier molecular flexibility index (Phi) is 3.79. The highest BCUT2D eigenvalue weighted by Gasteiger charge is 2.19. The molecule has 2 aromatic rings. The molecule has 0 spiro atoms. The molecule has 1 aromatic carbocycles. The lowest BCUT2D eigenvalue weighted by Crippen LogP contribution is -2.23. The molecule has 0 bridgehead atoms. The molecule has 3 nitrogen and oxygen atoms in total. The van der Waals surface area contributed by atoms with E-state index < -0.39 is 0 Å². The average molecular weight is 267 g/mol. The minimum Gasteiger partial charge on any atom is -0.297 e. The van der Waals surface area contributed by atoms with E-state index in [0.717, 1.165) is 17.1 Å². The normalized spacial score (nSPS) is 17.3. The fraction of sp³-hybridized carbons (Fsp3) is 0.412. The van der Waals surface area contributed by atoms with Crippen molar-refractivity contribution in [2.45, 2.75) is 32.7 Å². The molecule has 1 aliphatic rings. The van der Waals surface area contributed by atoms with Crippen LogP contribution in [0.2, 0.25) is 0 Å². The van der Waals surface area contributed by atoms with Crippen LogP contribution in [0.15, 0.2) is 36.5 Å². The van der Waals surface area contributed by atoms with Gasteiger partial charge in [0, 0.05) is 23.5 Å². The van der Waals surface area contributed by atoms with E-state index in [-0.39, 0.29) is 0 Å². The molecule has 1 atom stereocenters. The van der Waals surface area contributed by atoms with Crippen LogP contribution in [0.1, 0.15) is 37.1 Å². The molecule has 0 unspecified atom stereocenters. The largest absolute Gasteiger partial charge is 0.297 e. The maximum Gasteiger partial charge on any atom is 0.159 e. The van der Waals surface area contributed by atoms with Crippen LogP contribution in [0.5, 0.6) is 0 Å². The Bertz CT molecular complexity index is 571. The first kappa shape index (κ1) is 13.3. The Morgan fingerprint density at radius 1 is 1.05 bits per heavy atom. The summed E-state index contributed by atoms with van der Waals surface area (Å²) >= 11 is 0. The lowest BCUT2D eigenvalue weighted by Gasteiger charge is -2.24. The Hall–Kier alpha value is -1.74. The third-order valence-corrected chi connectivity index (χ3v) is 4.13. The maximum atomic E-state index is 4.47. The molecule has 0 N–H and O–H groups in total. The predicted octanol–water partition coefficient (Wildman–Crippen LogP) is 3.61. The lowest BCUT2D eigenvalue weighted by molar-refractivity contribution is 0.263. The van der Waals surface area contributed by atoms with Gasteiger partial charge in [-0.15, -0.1) is 0 Å². The van der Waals surface area contributed by atoms with E-state index in [4.69, 9.17) is 0 Å². The fourth-order valence-electron chi connectivity index (χ4n) is 2.84. The molecule has 3 heteroatoms. The van der Waals surface area contributed by atoms with Gasteiger partial charge in [-0.05, 0) is 51.4 Å². The smallest absolute Gasteiger partial charge is 0.159 e. The second kappa shape index (κ2) is 5.71. The molecule has 1 fully saturated rings. The van der Waals surface area contributed by atoms with E-state index in [1.165, 1.54) is 31.5 Å². The lowest BCUT2D eigenvalue weighted by atomic mass is 10.0. The monoisotopic (exact) mass is 267 g/mol. The summed E-state index contributed by atoms with van der Waals surface area (Å²) in [6.45, 7) is 6.74. The summed E-state index contributed by atoms with van der Waals surface area (Å²) in [5.41, 5.74) is 3.47. The van der Waals surface area contributed by atoms with Crippen LogP contribution in [-0.2, 0) is 0 Å². The number of benzene rings is 1. The van der Waals surface area contributed by atoms with Gasteiger partial charge in [-0.25, -0.2) is 9.97 Å². The Morgan fingerprint density at radius 3 is 2.40 bits per heavy atom. The molecule has 2 heterocycles. The molecule has 1 aromatic heterocycles. The molecule has 20 heavy (non-hydrogen) atoms. The van der Waals surface area contributed by atoms with Crippen molar-refractivity contribution in [3.05, 3.63) is 47.8 Å². The van der Waals surface area contributed by atoms with Crippen molar-refractivity contribution in [3.63, 3.8) is 0 Å². The number of hydrogen-bond donors (Lipinski definition) is 0. The number of aromatic nitrogens is 2. The minimum absolute atomic E-state index is 0.505. The van der Waals surface area contributed by atoms with Crippen LogP contribution in [0, 0.1) is 6.92 Å². The zero-order chi connectivity index (χ0) is 13.9. The van der Waals surface area contributed by atoms with Crippen molar-refractivity contribution >= 4 is 0 Å². The summed E-state index contributed by atoms with van der Waals surface area (Å²) in [5, 5.41) is 0. The van der Waals surface area contributed by atoms with E-state index in [2.05, 4.69) is 46.1 Å². The molecule has 3 rings (SSSR count). The summed E-state index contributed by atoms with van der Waals surface area (Å²) in [6.07, 6.45) is 4.48. The summed E-state index contributed by atoms with van der Waals surface area (Å²) in [4.78, 5) is 11.4. The van der Waals surface area contributed by atoms with E-state index in [1.54, 1.807) is 0 Å². The molecular formula is C17H21N3. The molecule has 0 aliphatic carbocycles. The van der Waals surface area contributed by atoms with Crippen molar-refractivity contribution in [2.24, 2.45) is 0 Å². The zero-order valence-electron chi connectivity index (χ0n) is 12.2. The van der Waals surface area contributed by atoms with Gasteiger partial charge in [0.15, 0.2) is 5.82 Å². The first-order chi connectivity index (χ1) is 9.74. The van der Waals surface area contributed by atoms with Gasteiger partial charge in [0.25, 0.3) is 0 Å². The molecule has 0 saturated carbocycles. The molecule has 0 radical (unpaired) electrons. The summed E-state index contributed by atoms with van der Waals surface area (Å²) < 4.78 is 0. The third kappa shape index (κ3) is 2.73. The third-order valence-electron chi connectivity index (χ3n) is 4.13. The second-order valence-corrected chi connectivity index (χ2v) is 5.56. The van der Waals surface area contributed by atoms with Crippen LogP contribution in [0.25, 0.3) is 11.4 Å². The van der Waals surface area contributed by atoms with E-state index in [0.29, 0.717) is 6.04 Å². The Morgan fingerprint density at radius 2 is 1.75 bits per heavy atom. The number of nitrogens with zero attached hydrogens (tertiary/aromatic N) is 3. The van der Waals surface area contributed by atoms with Crippen molar-refractivity contribution < 1.29 is 0 Å². The molecule has 1 aliphatic heterocycles. The van der Waals surface area contributed by atoms with E-state index in [1.807, 2.05) is 19.2 Å². The van der Waals surface area contributed by atoms with E-state index >= 15 is 0 Å². The Balaban J connectivity index is 1.80. The Labute approximate surface area is 120 Å². The number of aryl methyl sites for hydroxylation is 1. The summed E-state index contributed by atoms with van der Waals surface area (Å²) in [6, 6.07) is 11.1. The number of likely N-dealkylation sites (tertiary alicyclic amines) is 1. The highest BCUT2D eigenvalue weighted by atomic mass is 15.2. The van der Waals surface area contributed by atoms with Gasteiger partial charge in [-0.3, -0.25) is 4.90 Å². The fourth-order valence-corrected chi connectivity index (χ4v) is 2.84. The van der Waals surface area contributed by atoms with E-state index in [9.17, 15) is 0 Å². The van der Waals surface area contributed by atoms with Gasteiger partial charge in [-0.1, -0.05) is 24.3 Å². The number of rotatable bonds is 3. The van der Waals surface area contributed by atoms with Crippen molar-refractivity contribution in [1.29, 1.82) is 0 Å². The van der Waals surface area contributed by atoms with Gasteiger partial charge in [0.05, 0.1) is 0 Å². The summed E-state index contributed by atoms with van der Waals surface area (Å²) in [5.74, 6) is 0.811. The van der Waals surface area contributed by atoms with Crippen LogP contribution >= 0.6 is 0 Å². The van der Waals surface area contributed by atoms with Crippen LogP contribution in [0.4, 0.5) is 0 Å². The van der Waals surface area contributed by atoms with Gasteiger partial charge >= 0.3 is 0 Å². The maximum absolute atomic E-state index is 4.47. The highest BCUT2D eigenvalue weighted by molar-refractivity contribution is 5.55. The first-order valence-corrected chi connectivity index (χ1v) is 7.38. The quantitative estimate of drug-likeness (QED) is 0.850. The highest BCUT2D eigenvalue weighted by Crippen LogP contribution is 2.26.